The minimum atomic E-state index is -1.23. The molecule has 0 fully saturated rings. The van der Waals surface area contributed by atoms with Gasteiger partial charge in [0.2, 0.25) is 6.29 Å². The third-order valence-corrected chi connectivity index (χ3v) is 2.23. The highest BCUT2D eigenvalue weighted by Gasteiger charge is 2.12. The van der Waals surface area contributed by atoms with Gasteiger partial charge in [-0.25, -0.2) is 0 Å². The van der Waals surface area contributed by atoms with Gasteiger partial charge in [0.05, 0.1) is 11.7 Å². The highest BCUT2D eigenvalue weighted by Crippen LogP contribution is 2.18. The van der Waals surface area contributed by atoms with Crippen LogP contribution in [0, 0.1) is 0 Å². The van der Waals surface area contributed by atoms with Crippen molar-refractivity contribution in [3.63, 3.8) is 0 Å². The van der Waals surface area contributed by atoms with E-state index in [-0.39, 0.29) is 0 Å². The number of aliphatic hydroxyl groups is 2. The molecule has 84 valence electrons. The number of ether oxygens (including phenoxy) is 1. The van der Waals surface area contributed by atoms with Crippen LogP contribution in [0.5, 0.6) is 5.75 Å². The first-order valence-corrected chi connectivity index (χ1v) is 5.04. The van der Waals surface area contributed by atoms with E-state index in [1.165, 1.54) is 13.1 Å². The summed E-state index contributed by atoms with van der Waals surface area (Å²) in [4.78, 5) is 4.18. The summed E-state index contributed by atoms with van der Waals surface area (Å²) in [7, 11) is 0. The molecule has 1 aromatic heterocycles. The van der Waals surface area contributed by atoms with E-state index in [0.29, 0.717) is 5.75 Å². The number of benzene rings is 1. The molecule has 4 nitrogen and oxygen atoms in total. The Morgan fingerprint density at radius 1 is 1.25 bits per heavy atom. The third kappa shape index (κ3) is 2.29. The predicted octanol–water partition coefficient (Wildman–Crippen LogP) is 1.31. The molecule has 2 atom stereocenters. The fourth-order valence-corrected chi connectivity index (χ4v) is 1.35. The normalized spacial score (nSPS) is 14.7. The standard InChI is InChI=1S/C12H13NO3/c1-8(14)12(15)16-10-6-9-4-2-3-5-11(9)13-7-10/h2-8,12,14-15H,1H3. The van der Waals surface area contributed by atoms with E-state index in [1.54, 1.807) is 6.07 Å². The van der Waals surface area contributed by atoms with Crippen molar-refractivity contribution in [3.8, 4) is 5.75 Å². The minimum Gasteiger partial charge on any atom is -0.461 e. The third-order valence-electron chi connectivity index (χ3n) is 2.23. The highest BCUT2D eigenvalue weighted by molar-refractivity contribution is 5.79. The molecule has 2 unspecified atom stereocenters. The van der Waals surface area contributed by atoms with Crippen molar-refractivity contribution in [1.82, 2.24) is 4.98 Å². The molecule has 0 bridgehead atoms. The molecule has 16 heavy (non-hydrogen) atoms. The molecule has 2 rings (SSSR count). The molecule has 2 N–H and O–H groups in total. The van der Waals surface area contributed by atoms with Crippen LogP contribution in [-0.2, 0) is 0 Å². The molecule has 0 amide bonds. The van der Waals surface area contributed by atoms with E-state index in [0.717, 1.165) is 10.9 Å². The zero-order chi connectivity index (χ0) is 11.5. The van der Waals surface area contributed by atoms with Gasteiger partial charge in [-0.05, 0) is 19.1 Å². The van der Waals surface area contributed by atoms with Gasteiger partial charge in [0.1, 0.15) is 11.9 Å². The smallest absolute Gasteiger partial charge is 0.223 e. The van der Waals surface area contributed by atoms with Gasteiger partial charge in [0, 0.05) is 5.39 Å². The predicted molar refractivity (Wildman–Crippen MR) is 60.1 cm³/mol. The highest BCUT2D eigenvalue weighted by atomic mass is 16.6. The number of pyridine rings is 1. The molecule has 0 spiro atoms. The van der Waals surface area contributed by atoms with E-state index in [4.69, 9.17) is 9.84 Å². The minimum absolute atomic E-state index is 0.437. The Labute approximate surface area is 93.1 Å². The van der Waals surface area contributed by atoms with Crippen molar-refractivity contribution >= 4 is 10.9 Å². The Bertz CT molecular complexity index is 484. The number of hydrogen-bond acceptors (Lipinski definition) is 4. The Morgan fingerprint density at radius 2 is 2.00 bits per heavy atom. The van der Waals surface area contributed by atoms with Gasteiger partial charge in [-0.1, -0.05) is 18.2 Å². The second-order valence-corrected chi connectivity index (χ2v) is 3.61. The van der Waals surface area contributed by atoms with E-state index in [2.05, 4.69) is 4.98 Å². The number of rotatable bonds is 3. The van der Waals surface area contributed by atoms with Gasteiger partial charge < -0.3 is 14.9 Å². The topological polar surface area (TPSA) is 62.6 Å². The molecular weight excluding hydrogens is 206 g/mol. The second kappa shape index (κ2) is 4.47. The van der Waals surface area contributed by atoms with Crippen LogP contribution >= 0.6 is 0 Å². The molecule has 2 aromatic rings. The maximum Gasteiger partial charge on any atom is 0.223 e. The maximum atomic E-state index is 9.35. The molecule has 0 aliphatic heterocycles. The van der Waals surface area contributed by atoms with Crippen LogP contribution in [0.3, 0.4) is 0 Å². The lowest BCUT2D eigenvalue weighted by Gasteiger charge is -2.15. The van der Waals surface area contributed by atoms with Crippen LogP contribution in [0.1, 0.15) is 6.92 Å². The first-order chi connectivity index (χ1) is 7.66. The van der Waals surface area contributed by atoms with Gasteiger partial charge >= 0.3 is 0 Å². The number of hydrogen-bond donors (Lipinski definition) is 2. The van der Waals surface area contributed by atoms with Crippen molar-refractivity contribution in [2.75, 3.05) is 0 Å². The zero-order valence-corrected chi connectivity index (χ0v) is 8.87. The Balaban J connectivity index is 2.26. The van der Waals surface area contributed by atoms with Crippen molar-refractivity contribution in [2.24, 2.45) is 0 Å². The number of para-hydroxylation sites is 1. The van der Waals surface area contributed by atoms with Gasteiger partial charge in [-0.2, -0.15) is 0 Å². The lowest BCUT2D eigenvalue weighted by atomic mass is 10.2. The lowest BCUT2D eigenvalue weighted by Crippen LogP contribution is -2.28. The number of aliphatic hydroxyl groups excluding tert-OH is 2. The molecule has 4 heteroatoms. The summed E-state index contributed by atoms with van der Waals surface area (Å²) in [5.74, 6) is 0.437. The van der Waals surface area contributed by atoms with Crippen LogP contribution in [0.2, 0.25) is 0 Å². The summed E-state index contributed by atoms with van der Waals surface area (Å²) in [5, 5.41) is 19.4. The summed E-state index contributed by atoms with van der Waals surface area (Å²) in [6.45, 7) is 1.46. The van der Waals surface area contributed by atoms with Crippen LogP contribution in [0.15, 0.2) is 36.5 Å². The van der Waals surface area contributed by atoms with Crippen molar-refractivity contribution < 1.29 is 14.9 Å². The van der Waals surface area contributed by atoms with E-state index >= 15 is 0 Å². The van der Waals surface area contributed by atoms with Gasteiger partial charge in [0.15, 0.2) is 0 Å². The van der Waals surface area contributed by atoms with Crippen molar-refractivity contribution in [2.45, 2.75) is 19.3 Å². The van der Waals surface area contributed by atoms with E-state index < -0.39 is 12.4 Å². The molecule has 1 heterocycles. The number of aromatic nitrogens is 1. The molecule has 0 saturated heterocycles. The zero-order valence-electron chi connectivity index (χ0n) is 8.87. The van der Waals surface area contributed by atoms with Gasteiger partial charge in [0.25, 0.3) is 0 Å². The lowest BCUT2D eigenvalue weighted by molar-refractivity contribution is -0.0959. The van der Waals surface area contributed by atoms with Crippen LogP contribution in [0.25, 0.3) is 10.9 Å². The fraction of sp³-hybridized carbons (Fsp3) is 0.250. The number of fused-ring (bicyclic) bond motifs is 1. The summed E-state index contributed by atoms with van der Waals surface area (Å²) in [6.07, 6.45) is -0.650. The first kappa shape index (κ1) is 10.9. The molecular formula is C12H13NO3. The average Bonchev–Trinajstić information content (AvgIpc) is 2.28. The van der Waals surface area contributed by atoms with Gasteiger partial charge in [-0.15, -0.1) is 0 Å². The second-order valence-electron chi connectivity index (χ2n) is 3.61. The van der Waals surface area contributed by atoms with Crippen LogP contribution < -0.4 is 4.74 Å². The van der Waals surface area contributed by atoms with E-state index in [1.807, 2.05) is 24.3 Å². The molecule has 0 saturated carbocycles. The van der Waals surface area contributed by atoms with Crippen LogP contribution in [-0.4, -0.2) is 27.6 Å². The summed E-state index contributed by atoms with van der Waals surface area (Å²) < 4.78 is 5.13. The fourth-order valence-electron chi connectivity index (χ4n) is 1.35. The largest absolute Gasteiger partial charge is 0.461 e. The Morgan fingerprint density at radius 3 is 2.75 bits per heavy atom. The quantitative estimate of drug-likeness (QED) is 0.764. The SMILES string of the molecule is CC(O)C(O)Oc1cnc2ccccc2c1. The van der Waals surface area contributed by atoms with Gasteiger partial charge in [-0.3, -0.25) is 4.98 Å². The summed E-state index contributed by atoms with van der Waals surface area (Å²) in [5.41, 5.74) is 0.862. The van der Waals surface area contributed by atoms with Crippen molar-refractivity contribution in [1.29, 1.82) is 0 Å². The number of nitrogens with zero attached hydrogens (tertiary/aromatic N) is 1. The summed E-state index contributed by atoms with van der Waals surface area (Å²) >= 11 is 0. The van der Waals surface area contributed by atoms with Crippen molar-refractivity contribution in [3.05, 3.63) is 36.5 Å². The van der Waals surface area contributed by atoms with E-state index in [9.17, 15) is 5.11 Å². The molecule has 0 radical (unpaired) electrons. The first-order valence-electron chi connectivity index (χ1n) is 5.04. The monoisotopic (exact) mass is 219 g/mol. The molecule has 1 aromatic carbocycles. The Kier molecular flexibility index (Phi) is 3.03. The Hall–Kier alpha value is -1.65. The maximum absolute atomic E-state index is 9.35. The average molecular weight is 219 g/mol. The molecule has 0 aliphatic rings. The van der Waals surface area contributed by atoms with Crippen LogP contribution in [0.4, 0.5) is 0 Å². The molecule has 0 aliphatic carbocycles. The summed E-state index contributed by atoms with van der Waals surface area (Å²) in [6, 6.07) is 9.38.